The predicted molar refractivity (Wildman–Crippen MR) is 68.1 cm³/mol. The van der Waals surface area contributed by atoms with Crippen molar-refractivity contribution in [2.24, 2.45) is 0 Å². The van der Waals surface area contributed by atoms with E-state index in [1.165, 1.54) is 23.1 Å². The third kappa shape index (κ3) is 3.42. The van der Waals surface area contributed by atoms with E-state index in [1.54, 1.807) is 7.05 Å². The molecule has 0 heterocycles. The zero-order chi connectivity index (χ0) is 13.0. The van der Waals surface area contributed by atoms with Crippen LogP contribution in [0, 0.1) is 10.1 Å². The first-order valence-electron chi connectivity index (χ1n) is 4.91. The summed E-state index contributed by atoms with van der Waals surface area (Å²) in [6, 6.07) is 3.89. The molecule has 7 heteroatoms. The van der Waals surface area contributed by atoms with Gasteiger partial charge in [0, 0.05) is 30.2 Å². The zero-order valence-electron chi connectivity index (χ0n) is 9.44. The normalized spacial score (nSPS) is 9.82. The fraction of sp³-hybridized carbons (Fsp3) is 0.300. The van der Waals surface area contributed by atoms with E-state index in [0.29, 0.717) is 16.7 Å². The Morgan fingerprint density at radius 1 is 1.59 bits per heavy atom. The minimum atomic E-state index is -0.508. The highest BCUT2D eigenvalue weighted by molar-refractivity contribution is 9.10. The molecule has 6 nitrogen and oxygen atoms in total. The van der Waals surface area contributed by atoms with Crippen molar-refractivity contribution in [1.29, 1.82) is 0 Å². The van der Waals surface area contributed by atoms with Crippen LogP contribution >= 0.6 is 15.9 Å². The van der Waals surface area contributed by atoms with Gasteiger partial charge in [-0.3, -0.25) is 10.1 Å². The molecule has 1 aromatic rings. The standard InChI is InChI=1S/C10H12BrN3O3/c1-3-13(2)10(15)12-9-6-7(14(16)17)4-5-8(9)11/h4-6H,3H2,1-2H3,(H,12,15). The van der Waals surface area contributed by atoms with Gasteiger partial charge in [0.25, 0.3) is 5.69 Å². The van der Waals surface area contributed by atoms with Crippen LogP contribution in [0.5, 0.6) is 0 Å². The Balaban J connectivity index is 2.94. The molecule has 0 aliphatic carbocycles. The second-order valence-electron chi connectivity index (χ2n) is 3.37. The summed E-state index contributed by atoms with van der Waals surface area (Å²) >= 11 is 3.22. The fourth-order valence-electron chi connectivity index (χ4n) is 1.08. The molecule has 2 amide bonds. The second kappa shape index (κ2) is 5.62. The number of carbonyl (C=O) groups excluding carboxylic acids is 1. The molecular formula is C10H12BrN3O3. The summed E-state index contributed by atoms with van der Waals surface area (Å²) in [6.07, 6.45) is 0. The van der Waals surface area contributed by atoms with E-state index < -0.39 is 4.92 Å². The minimum absolute atomic E-state index is 0.0670. The molecule has 0 fully saturated rings. The lowest BCUT2D eigenvalue weighted by molar-refractivity contribution is -0.384. The number of nitro groups is 1. The predicted octanol–water partition coefficient (Wildman–Crippen LogP) is 2.84. The Kier molecular flexibility index (Phi) is 4.45. The Labute approximate surface area is 107 Å². The van der Waals surface area contributed by atoms with Gasteiger partial charge in [-0.1, -0.05) is 0 Å². The van der Waals surface area contributed by atoms with Gasteiger partial charge in [-0.25, -0.2) is 4.79 Å². The maximum atomic E-state index is 11.6. The van der Waals surface area contributed by atoms with E-state index in [1.807, 2.05) is 6.92 Å². The van der Waals surface area contributed by atoms with Crippen molar-refractivity contribution in [1.82, 2.24) is 4.90 Å². The molecule has 1 rings (SSSR count). The number of benzene rings is 1. The molecule has 0 aromatic heterocycles. The van der Waals surface area contributed by atoms with Gasteiger partial charge in [-0.05, 0) is 28.9 Å². The molecular weight excluding hydrogens is 290 g/mol. The number of non-ortho nitro benzene ring substituents is 1. The van der Waals surface area contributed by atoms with Crippen molar-refractivity contribution >= 4 is 33.3 Å². The van der Waals surface area contributed by atoms with Crippen molar-refractivity contribution in [2.75, 3.05) is 18.9 Å². The van der Waals surface area contributed by atoms with Crippen molar-refractivity contribution in [3.63, 3.8) is 0 Å². The molecule has 0 bridgehead atoms. The number of anilines is 1. The van der Waals surface area contributed by atoms with E-state index in [0.717, 1.165) is 0 Å². The molecule has 0 saturated heterocycles. The molecule has 17 heavy (non-hydrogen) atoms. The molecule has 1 N–H and O–H groups in total. The summed E-state index contributed by atoms with van der Waals surface area (Å²) < 4.78 is 0.598. The lowest BCUT2D eigenvalue weighted by Crippen LogP contribution is -2.31. The smallest absolute Gasteiger partial charge is 0.321 e. The fourth-order valence-corrected chi connectivity index (χ4v) is 1.42. The Bertz CT molecular complexity index is 450. The summed E-state index contributed by atoms with van der Waals surface area (Å²) in [6.45, 7) is 2.39. The van der Waals surface area contributed by atoms with Gasteiger partial charge in [-0.15, -0.1) is 0 Å². The van der Waals surface area contributed by atoms with Gasteiger partial charge in [0.05, 0.1) is 10.6 Å². The molecule has 0 saturated carbocycles. The average Bonchev–Trinajstić information content (AvgIpc) is 2.30. The molecule has 0 unspecified atom stereocenters. The average molecular weight is 302 g/mol. The number of nitro benzene ring substituents is 1. The second-order valence-corrected chi connectivity index (χ2v) is 4.22. The van der Waals surface area contributed by atoms with Gasteiger partial charge < -0.3 is 10.2 Å². The Morgan fingerprint density at radius 3 is 2.76 bits per heavy atom. The first kappa shape index (κ1) is 13.4. The number of urea groups is 1. The number of nitrogens with zero attached hydrogens (tertiary/aromatic N) is 2. The van der Waals surface area contributed by atoms with Crippen LogP contribution in [-0.2, 0) is 0 Å². The van der Waals surface area contributed by atoms with Crippen LogP contribution in [0.15, 0.2) is 22.7 Å². The highest BCUT2D eigenvalue weighted by Gasteiger charge is 2.13. The van der Waals surface area contributed by atoms with E-state index in [9.17, 15) is 14.9 Å². The maximum Gasteiger partial charge on any atom is 0.321 e. The van der Waals surface area contributed by atoms with E-state index in [4.69, 9.17) is 0 Å². The van der Waals surface area contributed by atoms with Crippen molar-refractivity contribution in [3.05, 3.63) is 32.8 Å². The molecule has 0 radical (unpaired) electrons. The van der Waals surface area contributed by atoms with Gasteiger partial charge >= 0.3 is 6.03 Å². The van der Waals surface area contributed by atoms with Crippen LogP contribution < -0.4 is 5.32 Å². The van der Waals surface area contributed by atoms with Gasteiger partial charge in [0.1, 0.15) is 0 Å². The highest BCUT2D eigenvalue weighted by atomic mass is 79.9. The summed E-state index contributed by atoms with van der Waals surface area (Å²) in [5.74, 6) is 0. The minimum Gasteiger partial charge on any atom is -0.328 e. The third-order valence-electron chi connectivity index (χ3n) is 2.22. The number of amides is 2. The SMILES string of the molecule is CCN(C)C(=O)Nc1cc([N+](=O)[O-])ccc1Br. The molecule has 0 aliphatic rings. The summed E-state index contributed by atoms with van der Waals surface area (Å²) in [7, 11) is 1.64. The number of rotatable bonds is 3. The van der Waals surface area contributed by atoms with Crippen LogP contribution in [0.3, 0.4) is 0 Å². The van der Waals surface area contributed by atoms with E-state index >= 15 is 0 Å². The summed E-state index contributed by atoms with van der Waals surface area (Å²) in [4.78, 5) is 23.2. The third-order valence-corrected chi connectivity index (χ3v) is 2.91. The zero-order valence-corrected chi connectivity index (χ0v) is 11.0. The van der Waals surface area contributed by atoms with Crippen molar-refractivity contribution in [3.8, 4) is 0 Å². The number of carbonyl (C=O) groups is 1. The van der Waals surface area contributed by atoms with Crippen LogP contribution in [-0.4, -0.2) is 29.4 Å². The Morgan fingerprint density at radius 2 is 2.24 bits per heavy atom. The van der Waals surface area contributed by atoms with Crippen LogP contribution in [0.1, 0.15) is 6.92 Å². The number of nitrogens with one attached hydrogen (secondary N) is 1. The van der Waals surface area contributed by atoms with Gasteiger partial charge in [0.15, 0.2) is 0 Å². The van der Waals surface area contributed by atoms with Gasteiger partial charge in [-0.2, -0.15) is 0 Å². The number of hydrogen-bond acceptors (Lipinski definition) is 3. The van der Waals surface area contributed by atoms with Crippen LogP contribution in [0.4, 0.5) is 16.2 Å². The molecule has 0 aliphatic heterocycles. The van der Waals surface area contributed by atoms with Crippen molar-refractivity contribution < 1.29 is 9.72 Å². The molecule has 0 atom stereocenters. The topological polar surface area (TPSA) is 75.5 Å². The number of hydrogen-bond donors (Lipinski definition) is 1. The molecule has 1 aromatic carbocycles. The highest BCUT2D eigenvalue weighted by Crippen LogP contribution is 2.27. The van der Waals surface area contributed by atoms with Crippen LogP contribution in [0.25, 0.3) is 0 Å². The lowest BCUT2D eigenvalue weighted by atomic mass is 10.3. The summed E-state index contributed by atoms with van der Waals surface area (Å²) in [5.41, 5.74) is 0.312. The molecule has 92 valence electrons. The van der Waals surface area contributed by atoms with Gasteiger partial charge in [0.2, 0.25) is 0 Å². The molecule has 0 spiro atoms. The lowest BCUT2D eigenvalue weighted by Gasteiger charge is -2.16. The summed E-state index contributed by atoms with van der Waals surface area (Å²) in [5, 5.41) is 13.2. The number of halogens is 1. The maximum absolute atomic E-state index is 11.6. The first-order valence-corrected chi connectivity index (χ1v) is 5.71. The Hall–Kier alpha value is -1.63. The largest absolute Gasteiger partial charge is 0.328 e. The monoisotopic (exact) mass is 301 g/mol. The first-order chi connectivity index (χ1) is 7.95. The van der Waals surface area contributed by atoms with E-state index in [2.05, 4.69) is 21.2 Å². The quantitative estimate of drug-likeness (QED) is 0.689. The van der Waals surface area contributed by atoms with Crippen LogP contribution in [0.2, 0.25) is 0 Å². The van der Waals surface area contributed by atoms with Crippen molar-refractivity contribution in [2.45, 2.75) is 6.92 Å². The van der Waals surface area contributed by atoms with E-state index in [-0.39, 0.29) is 11.7 Å².